The number of nitrogens with zero attached hydrogens (tertiary/aromatic N) is 1. The molecule has 0 unspecified atom stereocenters. The van der Waals surface area contributed by atoms with E-state index in [1.165, 1.54) is 0 Å². The van der Waals surface area contributed by atoms with Crippen LogP contribution in [-0.2, 0) is 4.74 Å². The van der Waals surface area contributed by atoms with E-state index in [-0.39, 0.29) is 9.13 Å². The van der Waals surface area contributed by atoms with Crippen molar-refractivity contribution in [3.05, 3.63) is 21.0 Å². The molecule has 1 heterocycles. The van der Waals surface area contributed by atoms with Gasteiger partial charge in [0.15, 0.2) is 5.75 Å². The van der Waals surface area contributed by atoms with Crippen LogP contribution in [0.4, 0.5) is 8.78 Å². The molecule has 0 atom stereocenters. The van der Waals surface area contributed by atoms with Crippen molar-refractivity contribution in [2.45, 2.75) is 6.43 Å². The summed E-state index contributed by atoms with van der Waals surface area (Å²) in [4.78, 5) is 14.4. The van der Waals surface area contributed by atoms with Crippen molar-refractivity contribution >= 4 is 28.6 Å². The van der Waals surface area contributed by atoms with Crippen LogP contribution in [0.25, 0.3) is 0 Å². The molecule has 0 aliphatic heterocycles. The van der Waals surface area contributed by atoms with Gasteiger partial charge in [-0.15, -0.1) is 0 Å². The highest BCUT2D eigenvalue weighted by atomic mass is 127. The van der Waals surface area contributed by atoms with Gasteiger partial charge in [-0.1, -0.05) is 0 Å². The fraction of sp³-hybridized carbons (Fsp3) is 0.250. The molecule has 0 aliphatic rings. The molecule has 0 aliphatic carbocycles. The monoisotopic (exact) mass is 329 g/mol. The summed E-state index contributed by atoms with van der Waals surface area (Å²) in [6.45, 7) is 0. The number of aromatic nitrogens is 1. The van der Waals surface area contributed by atoms with Gasteiger partial charge in [-0.25, -0.2) is 13.6 Å². The van der Waals surface area contributed by atoms with Gasteiger partial charge in [-0.3, -0.25) is 4.98 Å². The smallest absolute Gasteiger partial charge is 0.340 e. The van der Waals surface area contributed by atoms with Gasteiger partial charge in [0.2, 0.25) is 0 Å². The number of hydrogen-bond acceptors (Lipinski definition) is 4. The van der Waals surface area contributed by atoms with E-state index in [2.05, 4.69) is 9.72 Å². The standard InChI is InChI=1S/C8H6F2INO3/c1-15-8(14)3-2-12-5(7(9)10)6(13)4(3)11/h2,7,13H,1H3. The third-order valence-electron chi connectivity index (χ3n) is 1.63. The molecule has 1 aromatic rings. The number of methoxy groups -OCH3 is 1. The topological polar surface area (TPSA) is 59.4 Å². The van der Waals surface area contributed by atoms with Gasteiger partial charge in [0.05, 0.1) is 16.2 Å². The second kappa shape index (κ2) is 4.69. The molecular formula is C8H6F2INO3. The van der Waals surface area contributed by atoms with Crippen LogP contribution in [0.15, 0.2) is 6.20 Å². The number of carbonyl (C=O) groups excluding carboxylic acids is 1. The van der Waals surface area contributed by atoms with Crippen molar-refractivity contribution in [1.29, 1.82) is 0 Å². The number of rotatable bonds is 2. The van der Waals surface area contributed by atoms with E-state index in [1.54, 1.807) is 22.6 Å². The first-order chi connectivity index (χ1) is 6.99. The summed E-state index contributed by atoms with van der Waals surface area (Å²) in [6.07, 6.45) is -1.93. The first kappa shape index (κ1) is 12.1. The molecule has 0 radical (unpaired) electrons. The Kier molecular flexibility index (Phi) is 3.77. The molecule has 0 bridgehead atoms. The summed E-state index contributed by atoms with van der Waals surface area (Å²) < 4.78 is 29.0. The maximum atomic E-state index is 12.3. The quantitative estimate of drug-likeness (QED) is 0.667. The first-order valence-corrected chi connectivity index (χ1v) is 4.80. The summed E-state index contributed by atoms with van der Waals surface area (Å²) in [5.74, 6) is -1.42. The van der Waals surface area contributed by atoms with Crippen LogP contribution in [0.3, 0.4) is 0 Å². The Morgan fingerprint density at radius 3 is 2.73 bits per heavy atom. The molecule has 1 rings (SSSR count). The molecule has 7 heteroatoms. The molecular weight excluding hydrogens is 323 g/mol. The predicted octanol–water partition coefficient (Wildman–Crippen LogP) is 2.12. The number of aromatic hydroxyl groups is 1. The molecule has 82 valence electrons. The van der Waals surface area contributed by atoms with Crippen molar-refractivity contribution in [3.63, 3.8) is 0 Å². The molecule has 0 aromatic carbocycles. The summed E-state index contributed by atoms with van der Waals surface area (Å²) in [6, 6.07) is 0. The van der Waals surface area contributed by atoms with E-state index in [9.17, 15) is 18.7 Å². The minimum absolute atomic E-state index is 0.00440. The van der Waals surface area contributed by atoms with Crippen LogP contribution < -0.4 is 0 Å². The lowest BCUT2D eigenvalue weighted by molar-refractivity contribution is 0.0597. The molecule has 1 N–H and O–H groups in total. The van der Waals surface area contributed by atoms with Crippen LogP contribution >= 0.6 is 22.6 Å². The zero-order valence-electron chi connectivity index (χ0n) is 7.50. The summed E-state index contributed by atoms with van der Waals surface area (Å²) in [5, 5.41) is 9.34. The van der Waals surface area contributed by atoms with Crippen LogP contribution in [0.1, 0.15) is 22.5 Å². The second-order valence-electron chi connectivity index (χ2n) is 2.51. The molecule has 0 fully saturated rings. The highest BCUT2D eigenvalue weighted by molar-refractivity contribution is 14.1. The lowest BCUT2D eigenvalue weighted by Gasteiger charge is -2.07. The average Bonchev–Trinajstić information content (AvgIpc) is 2.20. The van der Waals surface area contributed by atoms with Crippen molar-refractivity contribution in [2.24, 2.45) is 0 Å². The Balaban J connectivity index is 3.27. The number of ether oxygens (including phenoxy) is 1. The van der Waals surface area contributed by atoms with Crippen molar-refractivity contribution in [1.82, 2.24) is 4.98 Å². The van der Waals surface area contributed by atoms with E-state index in [4.69, 9.17) is 0 Å². The molecule has 1 aromatic heterocycles. The van der Waals surface area contributed by atoms with Crippen molar-refractivity contribution < 1.29 is 23.4 Å². The van der Waals surface area contributed by atoms with E-state index in [0.29, 0.717) is 0 Å². The zero-order chi connectivity index (χ0) is 11.6. The van der Waals surface area contributed by atoms with Gasteiger partial charge in [0, 0.05) is 6.20 Å². The van der Waals surface area contributed by atoms with Gasteiger partial charge in [0.25, 0.3) is 6.43 Å². The van der Waals surface area contributed by atoms with Gasteiger partial charge < -0.3 is 9.84 Å². The fourth-order valence-corrected chi connectivity index (χ4v) is 1.54. The lowest BCUT2D eigenvalue weighted by atomic mass is 10.2. The van der Waals surface area contributed by atoms with Crippen LogP contribution in [0.2, 0.25) is 0 Å². The predicted molar refractivity (Wildman–Crippen MR) is 54.9 cm³/mol. The normalized spacial score (nSPS) is 10.5. The Hall–Kier alpha value is -0.990. The fourth-order valence-electron chi connectivity index (χ4n) is 0.904. The zero-order valence-corrected chi connectivity index (χ0v) is 9.66. The number of alkyl halides is 2. The van der Waals surface area contributed by atoms with Crippen molar-refractivity contribution in [3.8, 4) is 5.75 Å². The Morgan fingerprint density at radius 2 is 2.27 bits per heavy atom. The van der Waals surface area contributed by atoms with E-state index < -0.39 is 23.8 Å². The van der Waals surface area contributed by atoms with Crippen LogP contribution in [0, 0.1) is 3.57 Å². The molecule has 0 saturated carbocycles. The Labute approximate surface area is 97.4 Å². The Bertz CT molecular complexity index is 398. The lowest BCUT2D eigenvalue weighted by Crippen LogP contribution is -2.06. The summed E-state index contributed by atoms with van der Waals surface area (Å²) >= 11 is 1.58. The number of pyridine rings is 1. The highest BCUT2D eigenvalue weighted by Gasteiger charge is 2.22. The second-order valence-corrected chi connectivity index (χ2v) is 3.59. The van der Waals surface area contributed by atoms with Crippen molar-refractivity contribution in [2.75, 3.05) is 7.11 Å². The highest BCUT2D eigenvalue weighted by Crippen LogP contribution is 2.32. The largest absolute Gasteiger partial charge is 0.505 e. The van der Waals surface area contributed by atoms with Gasteiger partial charge in [0.1, 0.15) is 5.69 Å². The number of halogens is 3. The van der Waals surface area contributed by atoms with E-state index in [0.717, 1.165) is 13.3 Å². The number of esters is 1. The van der Waals surface area contributed by atoms with Gasteiger partial charge >= 0.3 is 5.97 Å². The molecule has 4 nitrogen and oxygen atoms in total. The van der Waals surface area contributed by atoms with Crippen LogP contribution in [0.5, 0.6) is 5.75 Å². The Morgan fingerprint density at radius 1 is 1.67 bits per heavy atom. The summed E-state index contributed by atoms with van der Waals surface area (Å²) in [7, 11) is 1.15. The molecule has 0 saturated heterocycles. The number of carbonyl (C=O) groups is 1. The minimum Gasteiger partial charge on any atom is -0.505 e. The molecule has 0 amide bonds. The number of hydrogen-bond donors (Lipinski definition) is 1. The van der Waals surface area contributed by atoms with E-state index in [1.807, 2.05) is 0 Å². The maximum Gasteiger partial charge on any atom is 0.340 e. The van der Waals surface area contributed by atoms with Crippen LogP contribution in [-0.4, -0.2) is 23.2 Å². The third kappa shape index (κ3) is 2.33. The first-order valence-electron chi connectivity index (χ1n) is 3.72. The summed E-state index contributed by atoms with van der Waals surface area (Å²) in [5.41, 5.74) is -0.785. The maximum absolute atomic E-state index is 12.3. The third-order valence-corrected chi connectivity index (χ3v) is 2.72. The van der Waals surface area contributed by atoms with E-state index >= 15 is 0 Å². The molecule has 0 spiro atoms. The van der Waals surface area contributed by atoms with Gasteiger partial charge in [-0.05, 0) is 22.6 Å². The van der Waals surface area contributed by atoms with Gasteiger partial charge in [-0.2, -0.15) is 0 Å². The SMILES string of the molecule is COC(=O)c1cnc(C(F)F)c(O)c1I. The minimum atomic E-state index is -2.88. The molecule has 15 heavy (non-hydrogen) atoms. The average molecular weight is 329 g/mol.